The Bertz CT molecular complexity index is 620. The first-order chi connectivity index (χ1) is 8.75. The second kappa shape index (κ2) is 4.58. The van der Waals surface area contributed by atoms with Crippen LogP contribution in [-0.4, -0.2) is 11.5 Å². The van der Waals surface area contributed by atoms with Gasteiger partial charge in [-0.2, -0.15) is 0 Å². The first kappa shape index (κ1) is 11.5. The number of para-hydroxylation sites is 1. The van der Waals surface area contributed by atoms with Gasteiger partial charge in [-0.1, -0.05) is 24.3 Å². The molecule has 0 spiro atoms. The molecule has 1 aliphatic rings. The van der Waals surface area contributed by atoms with Crippen molar-refractivity contribution >= 4 is 33.5 Å². The van der Waals surface area contributed by atoms with Gasteiger partial charge < -0.3 is 4.90 Å². The largest absolute Gasteiger partial charge is 0.321 e. The van der Waals surface area contributed by atoms with Gasteiger partial charge >= 0.3 is 0 Å². The maximum atomic E-state index is 4.47. The highest BCUT2D eigenvalue weighted by molar-refractivity contribution is 9.10. The van der Waals surface area contributed by atoms with Gasteiger partial charge in [-0.25, -0.2) is 4.98 Å². The first-order valence-electron chi connectivity index (χ1n) is 5.91. The molecular weight excluding hydrogens is 288 g/mol. The number of halogens is 1. The highest BCUT2D eigenvalue weighted by Crippen LogP contribution is 2.37. The maximum absolute atomic E-state index is 4.47. The lowest BCUT2D eigenvalue weighted by Gasteiger charge is -2.28. The van der Waals surface area contributed by atoms with Crippen LogP contribution in [0, 0.1) is 6.92 Å². The molecule has 0 amide bonds. The maximum Gasteiger partial charge on any atom is 0.133 e. The van der Waals surface area contributed by atoms with Gasteiger partial charge in [0.2, 0.25) is 0 Å². The van der Waals surface area contributed by atoms with Gasteiger partial charge in [0.15, 0.2) is 0 Å². The van der Waals surface area contributed by atoms with E-state index in [4.69, 9.17) is 0 Å². The molecule has 90 valence electrons. The smallest absolute Gasteiger partial charge is 0.133 e. The van der Waals surface area contributed by atoms with Crippen LogP contribution < -0.4 is 4.90 Å². The molecule has 2 heterocycles. The molecule has 1 aliphatic heterocycles. The van der Waals surface area contributed by atoms with E-state index < -0.39 is 0 Å². The summed E-state index contributed by atoms with van der Waals surface area (Å²) in [6.07, 6.45) is 6.19. The average Bonchev–Trinajstić information content (AvgIpc) is 2.38. The number of anilines is 2. The predicted octanol–water partition coefficient (Wildman–Crippen LogP) is 4.32. The van der Waals surface area contributed by atoms with Crippen LogP contribution in [0.1, 0.15) is 11.1 Å². The molecule has 0 aliphatic carbocycles. The fraction of sp³-hybridized carbons (Fsp3) is 0.133. The van der Waals surface area contributed by atoms with Crippen molar-refractivity contribution in [3.8, 4) is 0 Å². The Hall–Kier alpha value is -1.61. The van der Waals surface area contributed by atoms with Crippen molar-refractivity contribution in [2.24, 2.45) is 0 Å². The van der Waals surface area contributed by atoms with Crippen LogP contribution in [0.4, 0.5) is 11.5 Å². The molecule has 0 atom stereocenters. The van der Waals surface area contributed by atoms with Gasteiger partial charge in [-0.05, 0) is 52.2 Å². The summed E-state index contributed by atoms with van der Waals surface area (Å²) >= 11 is 3.63. The zero-order valence-electron chi connectivity index (χ0n) is 10.1. The van der Waals surface area contributed by atoms with E-state index in [1.54, 1.807) is 0 Å². The van der Waals surface area contributed by atoms with E-state index in [2.05, 4.69) is 69.2 Å². The summed E-state index contributed by atoms with van der Waals surface area (Å²) < 4.78 is 1.10. The number of nitrogens with zero attached hydrogens (tertiary/aromatic N) is 2. The molecule has 0 bridgehead atoms. The van der Waals surface area contributed by atoms with Crippen LogP contribution in [0.2, 0.25) is 0 Å². The van der Waals surface area contributed by atoms with Crippen molar-refractivity contribution in [2.75, 3.05) is 11.4 Å². The van der Waals surface area contributed by atoms with Crippen LogP contribution in [0.5, 0.6) is 0 Å². The molecule has 0 unspecified atom stereocenters. The fourth-order valence-corrected chi connectivity index (χ4v) is 2.80. The normalized spacial score (nSPS) is 13.6. The molecule has 1 aromatic heterocycles. The van der Waals surface area contributed by atoms with Crippen LogP contribution in [0.3, 0.4) is 0 Å². The molecule has 2 aromatic rings. The Labute approximate surface area is 115 Å². The van der Waals surface area contributed by atoms with Crippen molar-refractivity contribution in [1.29, 1.82) is 0 Å². The summed E-state index contributed by atoms with van der Waals surface area (Å²) in [5.41, 5.74) is 3.64. The van der Waals surface area contributed by atoms with Gasteiger partial charge in [0.05, 0.1) is 5.69 Å². The van der Waals surface area contributed by atoms with Crippen molar-refractivity contribution in [3.05, 3.63) is 58.2 Å². The molecule has 3 heteroatoms. The van der Waals surface area contributed by atoms with Gasteiger partial charge in [0.1, 0.15) is 5.82 Å². The lowest BCUT2D eigenvalue weighted by molar-refractivity contribution is 1.03. The number of hydrogen-bond donors (Lipinski definition) is 0. The highest BCUT2D eigenvalue weighted by Gasteiger charge is 2.18. The van der Waals surface area contributed by atoms with Crippen molar-refractivity contribution < 1.29 is 0 Å². The third-order valence-electron chi connectivity index (χ3n) is 3.05. The summed E-state index contributed by atoms with van der Waals surface area (Å²) in [6.45, 7) is 2.94. The number of aryl methyl sites for hydroxylation is 1. The van der Waals surface area contributed by atoms with Gasteiger partial charge in [0.25, 0.3) is 0 Å². The highest BCUT2D eigenvalue weighted by atomic mass is 79.9. The third kappa shape index (κ3) is 1.95. The number of hydrogen-bond acceptors (Lipinski definition) is 2. The molecule has 0 fully saturated rings. The lowest BCUT2D eigenvalue weighted by Crippen LogP contribution is -2.21. The van der Waals surface area contributed by atoms with Crippen LogP contribution in [0.15, 0.2) is 47.1 Å². The van der Waals surface area contributed by atoms with E-state index in [1.807, 2.05) is 12.3 Å². The summed E-state index contributed by atoms with van der Waals surface area (Å²) in [5, 5.41) is 0. The van der Waals surface area contributed by atoms with Gasteiger partial charge in [-0.15, -0.1) is 0 Å². The van der Waals surface area contributed by atoms with Crippen LogP contribution in [-0.2, 0) is 0 Å². The number of aromatic nitrogens is 1. The minimum Gasteiger partial charge on any atom is -0.321 e. The Morgan fingerprint density at radius 1 is 1.28 bits per heavy atom. The standard InChI is InChI=1S/C15H13BrN2/c1-11-7-8-17-14(10-11)18-9-3-5-12-4-2-6-13(16)15(12)18/h2-8,10H,9H2,1H3. The molecule has 0 saturated heterocycles. The number of rotatable bonds is 1. The molecular formula is C15H13BrN2. The molecule has 1 aromatic carbocycles. The Balaban J connectivity index is 2.14. The average molecular weight is 301 g/mol. The van der Waals surface area contributed by atoms with Crippen LogP contribution >= 0.6 is 15.9 Å². The number of fused-ring (bicyclic) bond motifs is 1. The van der Waals surface area contributed by atoms with Crippen molar-refractivity contribution in [1.82, 2.24) is 4.98 Å². The first-order valence-corrected chi connectivity index (χ1v) is 6.70. The Kier molecular flexibility index (Phi) is 2.92. The Morgan fingerprint density at radius 2 is 2.17 bits per heavy atom. The summed E-state index contributed by atoms with van der Waals surface area (Å²) in [6, 6.07) is 10.4. The molecule has 0 radical (unpaired) electrons. The second-order valence-corrected chi connectivity index (χ2v) is 5.24. The van der Waals surface area contributed by atoms with Gasteiger partial charge in [0, 0.05) is 17.2 Å². The molecule has 2 nitrogen and oxygen atoms in total. The molecule has 0 saturated carbocycles. The minimum absolute atomic E-state index is 0.853. The second-order valence-electron chi connectivity index (χ2n) is 4.38. The SMILES string of the molecule is Cc1ccnc(N2CC=Cc3cccc(Br)c32)c1. The topological polar surface area (TPSA) is 16.1 Å². The third-order valence-corrected chi connectivity index (χ3v) is 3.69. The van der Waals surface area contributed by atoms with E-state index in [1.165, 1.54) is 16.8 Å². The Morgan fingerprint density at radius 3 is 3.00 bits per heavy atom. The van der Waals surface area contributed by atoms with E-state index in [0.717, 1.165) is 16.8 Å². The van der Waals surface area contributed by atoms with E-state index in [0.29, 0.717) is 0 Å². The number of benzene rings is 1. The molecule has 18 heavy (non-hydrogen) atoms. The van der Waals surface area contributed by atoms with Gasteiger partial charge in [-0.3, -0.25) is 0 Å². The molecule has 0 N–H and O–H groups in total. The predicted molar refractivity (Wildman–Crippen MR) is 79.2 cm³/mol. The summed E-state index contributed by atoms with van der Waals surface area (Å²) in [7, 11) is 0. The zero-order chi connectivity index (χ0) is 12.5. The van der Waals surface area contributed by atoms with E-state index in [-0.39, 0.29) is 0 Å². The van der Waals surface area contributed by atoms with E-state index in [9.17, 15) is 0 Å². The fourth-order valence-electron chi connectivity index (χ4n) is 2.20. The van der Waals surface area contributed by atoms with E-state index >= 15 is 0 Å². The monoisotopic (exact) mass is 300 g/mol. The summed E-state index contributed by atoms with van der Waals surface area (Å²) in [5.74, 6) is 0.993. The van der Waals surface area contributed by atoms with Crippen molar-refractivity contribution in [3.63, 3.8) is 0 Å². The summed E-state index contributed by atoms with van der Waals surface area (Å²) in [4.78, 5) is 6.70. The number of pyridine rings is 1. The van der Waals surface area contributed by atoms with Crippen LogP contribution in [0.25, 0.3) is 6.08 Å². The zero-order valence-corrected chi connectivity index (χ0v) is 11.7. The molecule has 3 rings (SSSR count). The lowest BCUT2D eigenvalue weighted by atomic mass is 10.1. The minimum atomic E-state index is 0.853. The van der Waals surface area contributed by atoms with Crippen molar-refractivity contribution in [2.45, 2.75) is 6.92 Å². The quantitative estimate of drug-likeness (QED) is 0.780.